The molecule has 0 radical (unpaired) electrons. The molecule has 0 saturated carbocycles. The van der Waals surface area contributed by atoms with Crippen molar-refractivity contribution in [2.24, 2.45) is 0 Å². The van der Waals surface area contributed by atoms with E-state index in [9.17, 15) is 9.90 Å². The van der Waals surface area contributed by atoms with Crippen molar-refractivity contribution in [2.75, 3.05) is 20.1 Å². The highest BCUT2D eigenvalue weighted by Gasteiger charge is 2.23. The maximum absolute atomic E-state index is 12.0. The Bertz CT molecular complexity index is 400. The summed E-state index contributed by atoms with van der Waals surface area (Å²) in [4.78, 5) is 13.8. The molecule has 1 aliphatic rings. The molecule has 1 aromatic rings. The summed E-state index contributed by atoms with van der Waals surface area (Å²) in [5, 5.41) is 12.9. The van der Waals surface area contributed by atoms with Gasteiger partial charge >= 0.3 is 0 Å². The maximum atomic E-state index is 12.0. The van der Waals surface area contributed by atoms with E-state index in [1.165, 1.54) is 0 Å². The Balaban J connectivity index is 1.99. The maximum Gasteiger partial charge on any atom is 0.227 e. The molecule has 92 valence electrons. The van der Waals surface area contributed by atoms with Crippen LogP contribution in [0.5, 0.6) is 5.75 Å². The summed E-state index contributed by atoms with van der Waals surface area (Å²) in [5.74, 6) is 0.249. The molecule has 0 aliphatic carbocycles. The third kappa shape index (κ3) is 2.77. The quantitative estimate of drug-likeness (QED) is 0.811. The van der Waals surface area contributed by atoms with E-state index in [0.717, 1.165) is 19.5 Å². The minimum atomic E-state index is 0.0557. The predicted molar refractivity (Wildman–Crippen MR) is 65.9 cm³/mol. The predicted octanol–water partition coefficient (Wildman–Crippen LogP) is 0.755. The molecule has 0 spiro atoms. The second kappa shape index (κ2) is 5.19. The van der Waals surface area contributed by atoms with Crippen molar-refractivity contribution in [3.05, 3.63) is 29.8 Å². The van der Waals surface area contributed by atoms with Crippen LogP contribution in [0.1, 0.15) is 12.0 Å². The molecule has 4 heteroatoms. The van der Waals surface area contributed by atoms with Gasteiger partial charge in [0.15, 0.2) is 0 Å². The molecule has 1 aromatic carbocycles. The zero-order chi connectivity index (χ0) is 12.3. The summed E-state index contributed by atoms with van der Waals surface area (Å²) in [7, 11) is 1.83. The van der Waals surface area contributed by atoms with Crippen LogP contribution in [0.2, 0.25) is 0 Å². The summed E-state index contributed by atoms with van der Waals surface area (Å²) in [6.45, 7) is 1.84. The van der Waals surface area contributed by atoms with Crippen LogP contribution in [0.15, 0.2) is 24.3 Å². The van der Waals surface area contributed by atoms with Crippen molar-refractivity contribution in [1.82, 2.24) is 10.2 Å². The molecule has 1 atom stereocenters. The highest BCUT2D eigenvalue weighted by atomic mass is 16.3. The lowest BCUT2D eigenvalue weighted by Gasteiger charge is -2.23. The van der Waals surface area contributed by atoms with Gasteiger partial charge in [-0.25, -0.2) is 0 Å². The van der Waals surface area contributed by atoms with Crippen LogP contribution in [0.4, 0.5) is 0 Å². The number of hydrogen-bond donors (Lipinski definition) is 2. The van der Waals surface area contributed by atoms with Crippen LogP contribution in [0, 0.1) is 0 Å². The van der Waals surface area contributed by atoms with Gasteiger partial charge < -0.3 is 15.3 Å². The number of amides is 1. The standard InChI is InChI=1S/C13H18N2O2/c1-15(11-6-7-14-9-11)13(17)8-10-4-2-3-5-12(10)16/h2-5,11,14,16H,6-9H2,1H3. The number of aromatic hydroxyl groups is 1. The average molecular weight is 234 g/mol. The van der Waals surface area contributed by atoms with E-state index in [1.54, 1.807) is 23.1 Å². The number of carbonyl (C=O) groups excluding carboxylic acids is 1. The number of rotatable bonds is 3. The summed E-state index contributed by atoms with van der Waals surface area (Å²) >= 11 is 0. The summed E-state index contributed by atoms with van der Waals surface area (Å²) in [6, 6.07) is 7.27. The van der Waals surface area contributed by atoms with E-state index in [4.69, 9.17) is 0 Å². The van der Waals surface area contributed by atoms with Crippen LogP contribution >= 0.6 is 0 Å². The van der Waals surface area contributed by atoms with Crippen molar-refractivity contribution in [3.63, 3.8) is 0 Å². The molecular formula is C13H18N2O2. The Morgan fingerprint density at radius 2 is 2.29 bits per heavy atom. The monoisotopic (exact) mass is 234 g/mol. The number of phenolic OH excluding ortho intramolecular Hbond substituents is 1. The lowest BCUT2D eigenvalue weighted by Crippen LogP contribution is -2.39. The van der Waals surface area contributed by atoms with Gasteiger partial charge in [-0.2, -0.15) is 0 Å². The fourth-order valence-electron chi connectivity index (χ4n) is 2.12. The molecular weight excluding hydrogens is 216 g/mol. The summed E-state index contributed by atoms with van der Waals surface area (Å²) in [6.07, 6.45) is 1.27. The second-order valence-corrected chi connectivity index (χ2v) is 4.46. The van der Waals surface area contributed by atoms with Gasteiger partial charge in [0.25, 0.3) is 0 Å². The molecule has 17 heavy (non-hydrogen) atoms. The number of nitrogens with one attached hydrogen (secondary N) is 1. The Hall–Kier alpha value is -1.55. The van der Waals surface area contributed by atoms with Gasteiger partial charge in [0.2, 0.25) is 5.91 Å². The molecule has 4 nitrogen and oxygen atoms in total. The average Bonchev–Trinajstić information content (AvgIpc) is 2.84. The van der Waals surface area contributed by atoms with E-state index in [2.05, 4.69) is 5.32 Å². The van der Waals surface area contributed by atoms with Crippen LogP contribution in [0.3, 0.4) is 0 Å². The van der Waals surface area contributed by atoms with Crippen LogP contribution in [0.25, 0.3) is 0 Å². The Labute approximate surface area is 101 Å². The largest absolute Gasteiger partial charge is 0.508 e. The SMILES string of the molecule is CN(C(=O)Cc1ccccc1O)C1CCNC1. The smallest absolute Gasteiger partial charge is 0.227 e. The fourth-order valence-corrected chi connectivity index (χ4v) is 2.12. The van der Waals surface area contributed by atoms with Gasteiger partial charge in [-0.05, 0) is 19.0 Å². The lowest BCUT2D eigenvalue weighted by molar-refractivity contribution is -0.130. The van der Waals surface area contributed by atoms with Gasteiger partial charge in [-0.15, -0.1) is 0 Å². The minimum absolute atomic E-state index is 0.0557. The van der Waals surface area contributed by atoms with Gasteiger partial charge in [-0.1, -0.05) is 18.2 Å². The first-order chi connectivity index (χ1) is 8.18. The van der Waals surface area contributed by atoms with E-state index in [-0.39, 0.29) is 24.1 Å². The van der Waals surface area contributed by atoms with E-state index >= 15 is 0 Å². The van der Waals surface area contributed by atoms with Crippen molar-refractivity contribution >= 4 is 5.91 Å². The van der Waals surface area contributed by atoms with Gasteiger partial charge in [0.05, 0.1) is 6.42 Å². The first-order valence-electron chi connectivity index (χ1n) is 5.91. The molecule has 1 heterocycles. The summed E-state index contributed by atoms with van der Waals surface area (Å²) < 4.78 is 0. The van der Waals surface area contributed by atoms with E-state index in [0.29, 0.717) is 5.56 Å². The first kappa shape index (κ1) is 11.9. The zero-order valence-corrected chi connectivity index (χ0v) is 10.0. The topological polar surface area (TPSA) is 52.6 Å². The van der Waals surface area contributed by atoms with Gasteiger partial charge in [-0.3, -0.25) is 4.79 Å². The minimum Gasteiger partial charge on any atom is -0.508 e. The van der Waals surface area contributed by atoms with E-state index < -0.39 is 0 Å². The van der Waals surface area contributed by atoms with Crippen LogP contribution in [-0.2, 0) is 11.2 Å². The molecule has 1 aliphatic heterocycles. The number of nitrogens with zero attached hydrogens (tertiary/aromatic N) is 1. The highest BCUT2D eigenvalue weighted by Crippen LogP contribution is 2.17. The zero-order valence-electron chi connectivity index (χ0n) is 10.0. The Morgan fingerprint density at radius 3 is 2.94 bits per heavy atom. The number of hydrogen-bond acceptors (Lipinski definition) is 3. The molecule has 1 amide bonds. The van der Waals surface area contributed by atoms with Crippen molar-refractivity contribution in [3.8, 4) is 5.75 Å². The van der Waals surface area contributed by atoms with Crippen molar-refractivity contribution < 1.29 is 9.90 Å². The molecule has 1 saturated heterocycles. The number of likely N-dealkylation sites (N-methyl/N-ethyl adjacent to an activating group) is 1. The molecule has 1 fully saturated rings. The Morgan fingerprint density at radius 1 is 1.53 bits per heavy atom. The van der Waals surface area contributed by atoms with Crippen LogP contribution < -0.4 is 5.32 Å². The molecule has 0 aromatic heterocycles. The van der Waals surface area contributed by atoms with Gasteiger partial charge in [0, 0.05) is 25.2 Å². The number of para-hydroxylation sites is 1. The molecule has 1 unspecified atom stereocenters. The van der Waals surface area contributed by atoms with Crippen molar-refractivity contribution in [2.45, 2.75) is 18.9 Å². The highest BCUT2D eigenvalue weighted by molar-refractivity contribution is 5.79. The third-order valence-corrected chi connectivity index (χ3v) is 3.31. The second-order valence-electron chi connectivity index (χ2n) is 4.46. The number of phenols is 1. The molecule has 2 N–H and O–H groups in total. The first-order valence-corrected chi connectivity index (χ1v) is 5.91. The Kier molecular flexibility index (Phi) is 3.64. The van der Waals surface area contributed by atoms with Crippen LogP contribution in [-0.4, -0.2) is 42.1 Å². The fraction of sp³-hybridized carbons (Fsp3) is 0.462. The molecule has 0 bridgehead atoms. The van der Waals surface area contributed by atoms with E-state index in [1.807, 2.05) is 13.1 Å². The normalized spacial score (nSPS) is 19.2. The number of carbonyl (C=O) groups is 1. The molecule has 2 rings (SSSR count). The number of benzene rings is 1. The lowest BCUT2D eigenvalue weighted by atomic mass is 10.1. The summed E-state index contributed by atoms with van der Waals surface area (Å²) in [5.41, 5.74) is 0.690. The third-order valence-electron chi connectivity index (χ3n) is 3.31. The van der Waals surface area contributed by atoms with Gasteiger partial charge in [0.1, 0.15) is 5.75 Å². The van der Waals surface area contributed by atoms with Crippen molar-refractivity contribution in [1.29, 1.82) is 0 Å².